The lowest BCUT2D eigenvalue weighted by molar-refractivity contribution is 0.306. The Kier molecular flexibility index (Phi) is 7.23. The Morgan fingerprint density at radius 1 is 1.00 bits per heavy atom. The zero-order valence-corrected chi connectivity index (χ0v) is 13.7. The average molecular weight is 319 g/mol. The molecule has 2 aromatic rings. The van der Waals surface area contributed by atoms with Crippen LogP contribution in [0.4, 0.5) is 0 Å². The summed E-state index contributed by atoms with van der Waals surface area (Å²) in [6.07, 6.45) is 1.13. The summed E-state index contributed by atoms with van der Waals surface area (Å²) in [5.74, 6) is 0.893. The lowest BCUT2D eigenvalue weighted by Crippen LogP contribution is -2.19. The van der Waals surface area contributed by atoms with Crippen molar-refractivity contribution >= 4 is 11.6 Å². The van der Waals surface area contributed by atoms with Crippen LogP contribution < -0.4 is 15.4 Å². The molecule has 0 fully saturated rings. The zero-order chi connectivity index (χ0) is 15.6. The molecule has 0 unspecified atom stereocenters. The topological polar surface area (TPSA) is 33.3 Å². The fraction of sp³-hybridized carbons (Fsp3) is 0.333. The normalized spacial score (nSPS) is 10.6. The molecule has 0 aliphatic carbocycles. The monoisotopic (exact) mass is 318 g/mol. The molecule has 22 heavy (non-hydrogen) atoms. The number of rotatable bonds is 9. The Labute approximate surface area is 137 Å². The maximum Gasteiger partial charge on any atom is 0.120 e. The van der Waals surface area contributed by atoms with Gasteiger partial charge in [0.15, 0.2) is 0 Å². The van der Waals surface area contributed by atoms with E-state index in [9.17, 15) is 0 Å². The average Bonchev–Trinajstić information content (AvgIpc) is 2.55. The van der Waals surface area contributed by atoms with Crippen molar-refractivity contribution in [3.63, 3.8) is 0 Å². The predicted molar refractivity (Wildman–Crippen MR) is 92.5 cm³/mol. The number of hydrogen-bond acceptors (Lipinski definition) is 3. The molecule has 118 valence electrons. The summed E-state index contributed by atoms with van der Waals surface area (Å²) in [6, 6.07) is 15.9. The van der Waals surface area contributed by atoms with Crippen LogP contribution in [0, 0.1) is 0 Å². The third kappa shape index (κ3) is 6.06. The largest absolute Gasteiger partial charge is 0.489 e. The van der Waals surface area contributed by atoms with Gasteiger partial charge in [-0.25, -0.2) is 0 Å². The van der Waals surface area contributed by atoms with Crippen LogP contribution in [0.5, 0.6) is 5.75 Å². The maximum absolute atomic E-state index is 5.88. The fourth-order valence-corrected chi connectivity index (χ4v) is 2.24. The molecule has 0 spiro atoms. The van der Waals surface area contributed by atoms with Crippen LogP contribution in [0.1, 0.15) is 17.5 Å². The molecule has 2 rings (SSSR count). The minimum Gasteiger partial charge on any atom is -0.489 e. The summed E-state index contributed by atoms with van der Waals surface area (Å²) in [4.78, 5) is 0. The molecule has 0 saturated carbocycles. The summed E-state index contributed by atoms with van der Waals surface area (Å²) in [7, 11) is 1.97. The van der Waals surface area contributed by atoms with E-state index in [0.29, 0.717) is 6.61 Å². The fourth-order valence-electron chi connectivity index (χ4n) is 2.12. The van der Waals surface area contributed by atoms with E-state index in [0.717, 1.165) is 42.4 Å². The van der Waals surface area contributed by atoms with Crippen molar-refractivity contribution in [2.75, 3.05) is 20.1 Å². The van der Waals surface area contributed by atoms with Gasteiger partial charge < -0.3 is 15.4 Å². The van der Waals surface area contributed by atoms with E-state index in [4.69, 9.17) is 16.3 Å². The molecule has 2 N–H and O–H groups in total. The Bertz CT molecular complexity index is 557. The number of benzene rings is 2. The molecule has 0 saturated heterocycles. The molecule has 2 aromatic carbocycles. The van der Waals surface area contributed by atoms with Crippen LogP contribution >= 0.6 is 11.6 Å². The van der Waals surface area contributed by atoms with Crippen LogP contribution in [0.2, 0.25) is 5.02 Å². The van der Waals surface area contributed by atoms with Gasteiger partial charge in [0.2, 0.25) is 0 Å². The van der Waals surface area contributed by atoms with Crippen molar-refractivity contribution in [1.29, 1.82) is 0 Å². The predicted octanol–water partition coefficient (Wildman–Crippen LogP) is 3.62. The molecular weight excluding hydrogens is 296 g/mol. The van der Waals surface area contributed by atoms with Crippen molar-refractivity contribution in [2.45, 2.75) is 19.6 Å². The molecule has 3 nitrogen and oxygen atoms in total. The van der Waals surface area contributed by atoms with Gasteiger partial charge in [0, 0.05) is 11.6 Å². The first kappa shape index (κ1) is 16.8. The van der Waals surface area contributed by atoms with Crippen LogP contribution in [0.25, 0.3) is 0 Å². The first-order valence-corrected chi connectivity index (χ1v) is 7.97. The van der Waals surface area contributed by atoms with Crippen LogP contribution in [-0.4, -0.2) is 20.1 Å². The van der Waals surface area contributed by atoms with Gasteiger partial charge in [-0.2, -0.15) is 0 Å². The van der Waals surface area contributed by atoms with Crippen molar-refractivity contribution in [3.8, 4) is 5.75 Å². The standard InChI is InChI=1S/C18H23ClN2O/c1-20-10-3-11-21-13-16-4-2-5-18(12-16)22-14-15-6-8-17(19)9-7-15/h2,4-9,12,20-21H,3,10-11,13-14H2,1H3. The Morgan fingerprint density at radius 2 is 1.82 bits per heavy atom. The maximum atomic E-state index is 5.88. The second-order valence-corrected chi connectivity index (χ2v) is 5.63. The van der Waals surface area contributed by atoms with Gasteiger partial charge >= 0.3 is 0 Å². The van der Waals surface area contributed by atoms with Crippen LogP contribution in [0.15, 0.2) is 48.5 Å². The van der Waals surface area contributed by atoms with E-state index in [1.54, 1.807) is 0 Å². The molecule has 4 heteroatoms. The second kappa shape index (κ2) is 9.46. The van der Waals surface area contributed by atoms with E-state index >= 15 is 0 Å². The van der Waals surface area contributed by atoms with Gasteiger partial charge in [-0.3, -0.25) is 0 Å². The van der Waals surface area contributed by atoms with Crippen molar-refractivity contribution in [1.82, 2.24) is 10.6 Å². The summed E-state index contributed by atoms with van der Waals surface area (Å²) in [5, 5.41) is 7.32. The molecule has 0 heterocycles. The summed E-state index contributed by atoms with van der Waals surface area (Å²) in [5.41, 5.74) is 2.35. The highest BCUT2D eigenvalue weighted by Crippen LogP contribution is 2.16. The number of ether oxygens (including phenoxy) is 1. The third-order valence-electron chi connectivity index (χ3n) is 3.33. The molecule has 0 atom stereocenters. The zero-order valence-electron chi connectivity index (χ0n) is 12.9. The van der Waals surface area contributed by atoms with Crippen molar-refractivity contribution in [2.24, 2.45) is 0 Å². The number of nitrogens with one attached hydrogen (secondary N) is 2. The van der Waals surface area contributed by atoms with E-state index in [1.807, 2.05) is 43.4 Å². The minimum absolute atomic E-state index is 0.552. The molecule has 0 aliphatic heterocycles. The van der Waals surface area contributed by atoms with Gasteiger partial charge in [-0.05, 0) is 62.0 Å². The summed E-state index contributed by atoms with van der Waals surface area (Å²) in [6.45, 7) is 3.46. The molecule has 0 amide bonds. The smallest absolute Gasteiger partial charge is 0.120 e. The first-order chi connectivity index (χ1) is 10.8. The van der Waals surface area contributed by atoms with E-state index < -0.39 is 0 Å². The lowest BCUT2D eigenvalue weighted by Gasteiger charge is -2.09. The number of halogens is 1. The van der Waals surface area contributed by atoms with Gasteiger partial charge in [0.25, 0.3) is 0 Å². The second-order valence-electron chi connectivity index (χ2n) is 5.20. The van der Waals surface area contributed by atoms with E-state index in [-0.39, 0.29) is 0 Å². The van der Waals surface area contributed by atoms with Crippen molar-refractivity contribution < 1.29 is 4.74 Å². The Balaban J connectivity index is 1.79. The van der Waals surface area contributed by atoms with Gasteiger partial charge in [-0.15, -0.1) is 0 Å². The summed E-state index contributed by atoms with van der Waals surface area (Å²) >= 11 is 5.88. The summed E-state index contributed by atoms with van der Waals surface area (Å²) < 4.78 is 5.84. The minimum atomic E-state index is 0.552. The highest BCUT2D eigenvalue weighted by Gasteiger charge is 1.99. The highest BCUT2D eigenvalue weighted by molar-refractivity contribution is 6.30. The SMILES string of the molecule is CNCCCNCc1cccc(OCc2ccc(Cl)cc2)c1. The third-order valence-corrected chi connectivity index (χ3v) is 3.58. The molecular formula is C18H23ClN2O. The van der Waals surface area contributed by atoms with Crippen molar-refractivity contribution in [3.05, 3.63) is 64.7 Å². The molecule has 0 radical (unpaired) electrons. The quantitative estimate of drug-likeness (QED) is 0.693. The molecule has 0 aliphatic rings. The van der Waals surface area contributed by atoms with Crippen LogP contribution in [0.3, 0.4) is 0 Å². The highest BCUT2D eigenvalue weighted by atomic mass is 35.5. The van der Waals surface area contributed by atoms with E-state index in [1.165, 1.54) is 5.56 Å². The molecule has 0 bridgehead atoms. The molecule has 0 aromatic heterocycles. The Hall–Kier alpha value is -1.55. The first-order valence-electron chi connectivity index (χ1n) is 7.59. The number of hydrogen-bond donors (Lipinski definition) is 2. The van der Waals surface area contributed by atoms with Gasteiger partial charge in [0.05, 0.1) is 0 Å². The lowest BCUT2D eigenvalue weighted by atomic mass is 10.2. The Morgan fingerprint density at radius 3 is 2.59 bits per heavy atom. The van der Waals surface area contributed by atoms with E-state index in [2.05, 4.69) is 22.8 Å². The van der Waals surface area contributed by atoms with Gasteiger partial charge in [-0.1, -0.05) is 35.9 Å². The van der Waals surface area contributed by atoms with Crippen LogP contribution in [-0.2, 0) is 13.2 Å². The van der Waals surface area contributed by atoms with Gasteiger partial charge in [0.1, 0.15) is 12.4 Å².